The van der Waals surface area contributed by atoms with Crippen LogP contribution in [0.5, 0.6) is 0 Å². The van der Waals surface area contributed by atoms with E-state index in [0.717, 1.165) is 32.4 Å². The molecular formula is C20H23N5S. The van der Waals surface area contributed by atoms with Crippen LogP contribution in [0.2, 0.25) is 0 Å². The number of thiazole rings is 1. The first-order chi connectivity index (χ1) is 12.5. The predicted molar refractivity (Wildman–Crippen MR) is 109 cm³/mol. The second-order valence-corrected chi connectivity index (χ2v) is 7.47. The van der Waals surface area contributed by atoms with E-state index in [0.29, 0.717) is 5.92 Å². The molecule has 6 heteroatoms. The fourth-order valence-corrected chi connectivity index (χ4v) is 4.00. The van der Waals surface area contributed by atoms with E-state index >= 15 is 0 Å². The number of nitrogens with two attached hydrogens (primary N) is 2. The first-order valence-electron chi connectivity index (χ1n) is 8.76. The highest BCUT2D eigenvalue weighted by Gasteiger charge is 2.13. The monoisotopic (exact) mass is 365 g/mol. The van der Waals surface area contributed by atoms with Gasteiger partial charge in [0.15, 0.2) is 0 Å². The normalized spacial score (nSPS) is 14.8. The molecule has 0 aliphatic heterocycles. The topological polar surface area (TPSA) is 89.6 Å². The van der Waals surface area contributed by atoms with Crippen molar-refractivity contribution >= 4 is 23.0 Å². The SMILES string of the molecule is C/C(=N\N=C(N)N)c1sc(-c2ccc(C#CC3CCCC3)cc2)nc1C. The highest BCUT2D eigenvalue weighted by molar-refractivity contribution is 7.17. The average Bonchev–Trinajstić information content (AvgIpc) is 3.28. The lowest BCUT2D eigenvalue weighted by Crippen LogP contribution is -2.22. The maximum absolute atomic E-state index is 5.33. The van der Waals surface area contributed by atoms with E-state index in [-0.39, 0.29) is 5.96 Å². The molecule has 1 aromatic heterocycles. The fourth-order valence-electron chi connectivity index (χ4n) is 2.99. The molecule has 1 fully saturated rings. The summed E-state index contributed by atoms with van der Waals surface area (Å²) in [5, 5.41) is 8.71. The zero-order valence-electron chi connectivity index (χ0n) is 15.1. The first-order valence-corrected chi connectivity index (χ1v) is 9.57. The quantitative estimate of drug-likeness (QED) is 0.376. The molecule has 0 atom stereocenters. The zero-order chi connectivity index (χ0) is 18.5. The summed E-state index contributed by atoms with van der Waals surface area (Å²) in [6, 6.07) is 8.27. The second kappa shape index (κ2) is 8.15. The lowest BCUT2D eigenvalue weighted by atomic mass is 10.1. The fraction of sp³-hybridized carbons (Fsp3) is 0.350. The third kappa shape index (κ3) is 4.50. The molecule has 0 unspecified atom stereocenters. The minimum atomic E-state index is -0.0546. The van der Waals surface area contributed by atoms with E-state index in [2.05, 4.69) is 51.3 Å². The van der Waals surface area contributed by atoms with E-state index in [4.69, 9.17) is 11.5 Å². The molecule has 1 aliphatic carbocycles. The summed E-state index contributed by atoms with van der Waals surface area (Å²) in [5.74, 6) is 7.22. The van der Waals surface area contributed by atoms with Crippen molar-refractivity contribution in [2.24, 2.45) is 27.6 Å². The second-order valence-electron chi connectivity index (χ2n) is 6.47. The molecule has 0 saturated heterocycles. The maximum Gasteiger partial charge on any atom is 0.211 e. The Morgan fingerprint density at radius 1 is 1.15 bits per heavy atom. The minimum absolute atomic E-state index is 0.0546. The van der Waals surface area contributed by atoms with Crippen molar-refractivity contribution in [3.63, 3.8) is 0 Å². The van der Waals surface area contributed by atoms with Crippen molar-refractivity contribution in [1.82, 2.24) is 4.98 Å². The molecule has 3 rings (SSSR count). The molecule has 5 nitrogen and oxygen atoms in total. The van der Waals surface area contributed by atoms with Gasteiger partial charge in [0, 0.05) is 17.0 Å². The lowest BCUT2D eigenvalue weighted by molar-refractivity contribution is 0.712. The number of rotatable bonds is 3. The third-order valence-electron chi connectivity index (χ3n) is 4.35. The van der Waals surface area contributed by atoms with Crippen LogP contribution in [0.3, 0.4) is 0 Å². The summed E-state index contributed by atoms with van der Waals surface area (Å²) in [5.41, 5.74) is 14.5. The van der Waals surface area contributed by atoms with Gasteiger partial charge >= 0.3 is 0 Å². The summed E-state index contributed by atoms with van der Waals surface area (Å²) in [6.45, 7) is 3.84. The number of benzene rings is 1. The van der Waals surface area contributed by atoms with E-state index < -0.39 is 0 Å². The number of nitrogens with zero attached hydrogens (tertiary/aromatic N) is 3. The van der Waals surface area contributed by atoms with Gasteiger partial charge in [-0.05, 0) is 38.8 Å². The van der Waals surface area contributed by atoms with Gasteiger partial charge in [0.25, 0.3) is 0 Å². The molecule has 0 radical (unpaired) electrons. The van der Waals surface area contributed by atoms with Gasteiger partial charge in [0.1, 0.15) is 5.01 Å². The van der Waals surface area contributed by atoms with Crippen molar-refractivity contribution < 1.29 is 0 Å². The summed E-state index contributed by atoms with van der Waals surface area (Å²) in [4.78, 5) is 5.64. The molecule has 26 heavy (non-hydrogen) atoms. The molecule has 2 aromatic rings. The summed E-state index contributed by atoms with van der Waals surface area (Å²) < 4.78 is 0. The molecule has 1 aliphatic rings. The van der Waals surface area contributed by atoms with Gasteiger partial charge in [0.05, 0.1) is 16.3 Å². The third-order valence-corrected chi connectivity index (χ3v) is 5.66. The molecule has 0 amide bonds. The van der Waals surface area contributed by atoms with Crippen LogP contribution in [0.1, 0.15) is 48.7 Å². The van der Waals surface area contributed by atoms with Gasteiger partial charge in [-0.25, -0.2) is 4.98 Å². The Morgan fingerprint density at radius 3 is 2.50 bits per heavy atom. The van der Waals surface area contributed by atoms with E-state index in [9.17, 15) is 0 Å². The Hall–Kier alpha value is -2.65. The van der Waals surface area contributed by atoms with Crippen molar-refractivity contribution in [2.75, 3.05) is 0 Å². The lowest BCUT2D eigenvalue weighted by Gasteiger charge is -1.98. The van der Waals surface area contributed by atoms with Gasteiger partial charge in [-0.1, -0.05) is 36.8 Å². The predicted octanol–water partition coefficient (Wildman–Crippen LogP) is 3.66. The zero-order valence-corrected chi connectivity index (χ0v) is 15.9. The Bertz CT molecular complexity index is 887. The molecule has 1 heterocycles. The highest BCUT2D eigenvalue weighted by atomic mass is 32.1. The van der Waals surface area contributed by atoms with Gasteiger partial charge in [0.2, 0.25) is 5.96 Å². The number of guanidine groups is 1. The Labute approximate surface area is 158 Å². The smallest absolute Gasteiger partial charge is 0.211 e. The van der Waals surface area contributed by atoms with Gasteiger partial charge in [-0.2, -0.15) is 5.10 Å². The van der Waals surface area contributed by atoms with Crippen molar-refractivity contribution in [3.05, 3.63) is 40.4 Å². The van der Waals surface area contributed by atoms with E-state index in [1.807, 2.05) is 13.8 Å². The standard InChI is InChI=1S/C20H23N5S/c1-13-18(14(2)24-25-20(21)22)26-19(23-13)17-11-9-16(10-12-17)8-7-15-5-3-4-6-15/h9-12,15H,3-6H2,1-2H3,(H4,21,22,25)/b24-14+. The van der Waals surface area contributed by atoms with Crippen LogP contribution < -0.4 is 11.5 Å². The average molecular weight is 366 g/mol. The highest BCUT2D eigenvalue weighted by Crippen LogP contribution is 2.29. The van der Waals surface area contributed by atoms with E-state index in [1.165, 1.54) is 25.7 Å². The Balaban J connectivity index is 1.78. The Kier molecular flexibility index (Phi) is 5.69. The van der Waals surface area contributed by atoms with Crippen molar-refractivity contribution in [1.29, 1.82) is 0 Å². The molecule has 0 bridgehead atoms. The van der Waals surface area contributed by atoms with Gasteiger partial charge in [-0.3, -0.25) is 0 Å². The van der Waals surface area contributed by atoms with Crippen molar-refractivity contribution in [2.45, 2.75) is 39.5 Å². The largest absolute Gasteiger partial charge is 0.369 e. The van der Waals surface area contributed by atoms with Gasteiger partial charge in [-0.15, -0.1) is 16.4 Å². The van der Waals surface area contributed by atoms with Gasteiger partial charge < -0.3 is 11.5 Å². The molecule has 0 spiro atoms. The summed E-state index contributed by atoms with van der Waals surface area (Å²) in [6.07, 6.45) is 5.12. The Morgan fingerprint density at radius 2 is 1.85 bits per heavy atom. The molecule has 4 N–H and O–H groups in total. The van der Waals surface area contributed by atoms with Crippen LogP contribution in [0.15, 0.2) is 34.5 Å². The minimum Gasteiger partial charge on any atom is -0.369 e. The molecular weight excluding hydrogens is 342 g/mol. The van der Waals surface area contributed by atoms with Crippen LogP contribution in [-0.2, 0) is 0 Å². The van der Waals surface area contributed by atoms with Crippen LogP contribution in [0.25, 0.3) is 10.6 Å². The number of hydrogen-bond acceptors (Lipinski definition) is 4. The van der Waals surface area contributed by atoms with E-state index in [1.54, 1.807) is 11.3 Å². The molecule has 134 valence electrons. The van der Waals surface area contributed by atoms with Crippen LogP contribution in [-0.4, -0.2) is 16.7 Å². The van der Waals surface area contributed by atoms with Crippen LogP contribution in [0.4, 0.5) is 0 Å². The number of aryl methyl sites for hydroxylation is 1. The maximum atomic E-state index is 5.33. The van der Waals surface area contributed by atoms with Crippen molar-refractivity contribution in [3.8, 4) is 22.4 Å². The number of hydrogen-bond donors (Lipinski definition) is 2. The van der Waals surface area contributed by atoms with Crippen LogP contribution in [0, 0.1) is 24.7 Å². The summed E-state index contributed by atoms with van der Waals surface area (Å²) in [7, 11) is 0. The molecule has 1 saturated carbocycles. The van der Waals surface area contributed by atoms with Crippen LogP contribution >= 0.6 is 11.3 Å². The first kappa shape index (κ1) is 18.2. The number of aromatic nitrogens is 1. The molecule has 1 aromatic carbocycles. The summed E-state index contributed by atoms with van der Waals surface area (Å²) >= 11 is 1.58.